The number of fused-ring (bicyclic) bond motifs is 1. The number of aromatic nitrogens is 3. The van der Waals surface area contributed by atoms with Gasteiger partial charge in [-0.05, 0) is 6.07 Å². The molecule has 21 heavy (non-hydrogen) atoms. The van der Waals surface area contributed by atoms with E-state index in [-0.39, 0.29) is 0 Å². The van der Waals surface area contributed by atoms with E-state index in [0.29, 0.717) is 5.02 Å². The predicted octanol–water partition coefficient (Wildman–Crippen LogP) is 4.78. The first kappa shape index (κ1) is 12.6. The molecule has 3 nitrogen and oxygen atoms in total. The van der Waals surface area contributed by atoms with E-state index >= 15 is 0 Å². The van der Waals surface area contributed by atoms with E-state index < -0.39 is 0 Å². The fourth-order valence-corrected chi connectivity index (χ4v) is 3.44. The summed E-state index contributed by atoms with van der Waals surface area (Å²) in [5, 5.41) is 6.25. The standard InChI is InChI=1S/C16H10ClN3S/c17-13-9-5-4-8-12(13)15-19-20-14(10-18-16(20)21-15)11-6-2-1-3-7-11/h1-10H. The van der Waals surface area contributed by atoms with Crippen LogP contribution in [0.2, 0.25) is 5.02 Å². The fraction of sp³-hybridized carbons (Fsp3) is 0. The lowest BCUT2D eigenvalue weighted by atomic mass is 10.2. The highest BCUT2D eigenvalue weighted by molar-refractivity contribution is 7.19. The van der Waals surface area contributed by atoms with Gasteiger partial charge in [-0.2, -0.15) is 5.10 Å². The molecule has 4 rings (SSSR count). The lowest BCUT2D eigenvalue weighted by molar-refractivity contribution is 0.985. The molecule has 5 heteroatoms. The van der Waals surface area contributed by atoms with Gasteiger partial charge in [0.05, 0.1) is 16.9 Å². The van der Waals surface area contributed by atoms with Crippen molar-refractivity contribution in [2.24, 2.45) is 0 Å². The largest absolute Gasteiger partial charge is 0.225 e. The van der Waals surface area contributed by atoms with Gasteiger partial charge in [0.2, 0.25) is 4.96 Å². The van der Waals surface area contributed by atoms with Crippen LogP contribution in [0.5, 0.6) is 0 Å². The van der Waals surface area contributed by atoms with Crippen molar-refractivity contribution in [2.75, 3.05) is 0 Å². The van der Waals surface area contributed by atoms with Crippen LogP contribution >= 0.6 is 22.9 Å². The van der Waals surface area contributed by atoms with Crippen molar-refractivity contribution < 1.29 is 0 Å². The number of nitrogens with zero attached hydrogens (tertiary/aromatic N) is 3. The molecular weight excluding hydrogens is 302 g/mol. The second-order valence-corrected chi connectivity index (χ2v) is 5.95. The monoisotopic (exact) mass is 311 g/mol. The minimum Gasteiger partial charge on any atom is -0.225 e. The summed E-state index contributed by atoms with van der Waals surface area (Å²) >= 11 is 7.78. The first-order valence-electron chi connectivity index (χ1n) is 6.48. The van der Waals surface area contributed by atoms with Crippen molar-refractivity contribution in [3.8, 4) is 21.8 Å². The van der Waals surface area contributed by atoms with Gasteiger partial charge in [-0.3, -0.25) is 0 Å². The van der Waals surface area contributed by atoms with Crippen LogP contribution < -0.4 is 0 Å². The van der Waals surface area contributed by atoms with Gasteiger partial charge in [-0.15, -0.1) is 0 Å². The van der Waals surface area contributed by atoms with Crippen LogP contribution in [0, 0.1) is 0 Å². The highest BCUT2D eigenvalue weighted by Gasteiger charge is 2.13. The molecule has 0 unspecified atom stereocenters. The predicted molar refractivity (Wildman–Crippen MR) is 86.7 cm³/mol. The molecule has 0 aliphatic rings. The first-order valence-corrected chi connectivity index (χ1v) is 7.67. The molecule has 2 aromatic carbocycles. The Morgan fingerprint density at radius 1 is 0.952 bits per heavy atom. The molecule has 4 aromatic rings. The average molecular weight is 312 g/mol. The van der Waals surface area contributed by atoms with Crippen LogP contribution in [0.3, 0.4) is 0 Å². The Morgan fingerprint density at radius 3 is 2.52 bits per heavy atom. The van der Waals surface area contributed by atoms with E-state index in [1.54, 1.807) is 0 Å². The lowest BCUT2D eigenvalue weighted by Gasteiger charge is -1.99. The van der Waals surface area contributed by atoms with Crippen LogP contribution in [-0.4, -0.2) is 14.6 Å². The molecule has 0 saturated heterocycles. The summed E-state index contributed by atoms with van der Waals surface area (Å²) in [6.07, 6.45) is 1.85. The van der Waals surface area contributed by atoms with Gasteiger partial charge in [0.15, 0.2) is 0 Å². The lowest BCUT2D eigenvalue weighted by Crippen LogP contribution is -1.89. The van der Waals surface area contributed by atoms with Gasteiger partial charge >= 0.3 is 0 Å². The van der Waals surface area contributed by atoms with E-state index in [0.717, 1.165) is 26.8 Å². The Bertz CT molecular complexity index is 912. The molecule has 0 fully saturated rings. The van der Waals surface area contributed by atoms with Crippen LogP contribution in [0.25, 0.3) is 26.8 Å². The Morgan fingerprint density at radius 2 is 1.71 bits per heavy atom. The quantitative estimate of drug-likeness (QED) is 0.533. The van der Waals surface area contributed by atoms with Gasteiger partial charge in [0.25, 0.3) is 0 Å². The third kappa shape index (κ3) is 2.13. The Balaban J connectivity index is 1.89. The molecule has 0 spiro atoms. The zero-order valence-electron chi connectivity index (χ0n) is 10.9. The van der Waals surface area contributed by atoms with E-state index in [4.69, 9.17) is 11.6 Å². The van der Waals surface area contributed by atoms with E-state index in [9.17, 15) is 0 Å². The van der Waals surface area contributed by atoms with Crippen molar-refractivity contribution in [3.63, 3.8) is 0 Å². The minimum atomic E-state index is 0.704. The minimum absolute atomic E-state index is 0.704. The number of hydrogen-bond acceptors (Lipinski definition) is 3. The third-order valence-corrected chi connectivity index (χ3v) is 4.54. The molecule has 0 saturated carbocycles. The molecule has 0 aliphatic heterocycles. The molecular formula is C16H10ClN3S. The van der Waals surface area contributed by atoms with Gasteiger partial charge in [-0.25, -0.2) is 9.50 Å². The van der Waals surface area contributed by atoms with Crippen molar-refractivity contribution >= 4 is 27.9 Å². The van der Waals surface area contributed by atoms with Crippen molar-refractivity contribution in [1.82, 2.24) is 14.6 Å². The summed E-state index contributed by atoms with van der Waals surface area (Å²) in [6, 6.07) is 17.9. The fourth-order valence-electron chi connectivity index (χ4n) is 2.24. The summed E-state index contributed by atoms with van der Waals surface area (Å²) < 4.78 is 1.87. The van der Waals surface area contributed by atoms with Gasteiger partial charge in [0, 0.05) is 11.1 Å². The maximum Gasteiger partial charge on any atom is 0.213 e. The Kier molecular flexibility index (Phi) is 2.98. The van der Waals surface area contributed by atoms with Gasteiger partial charge in [-0.1, -0.05) is 71.5 Å². The zero-order valence-corrected chi connectivity index (χ0v) is 12.5. The third-order valence-electron chi connectivity index (χ3n) is 3.26. The summed E-state index contributed by atoms with van der Waals surface area (Å²) in [5.41, 5.74) is 3.02. The first-order chi connectivity index (χ1) is 10.3. The van der Waals surface area contributed by atoms with E-state index in [2.05, 4.69) is 22.2 Å². The smallest absolute Gasteiger partial charge is 0.213 e. The normalized spacial score (nSPS) is 11.1. The molecule has 0 atom stereocenters. The highest BCUT2D eigenvalue weighted by atomic mass is 35.5. The van der Waals surface area contributed by atoms with E-state index in [1.165, 1.54) is 11.3 Å². The maximum atomic E-state index is 6.25. The Hall–Kier alpha value is -2.17. The van der Waals surface area contributed by atoms with Crippen molar-refractivity contribution in [1.29, 1.82) is 0 Å². The van der Waals surface area contributed by atoms with Crippen LogP contribution in [-0.2, 0) is 0 Å². The van der Waals surface area contributed by atoms with E-state index in [1.807, 2.05) is 53.2 Å². The topological polar surface area (TPSA) is 30.2 Å². The molecule has 0 N–H and O–H groups in total. The van der Waals surface area contributed by atoms with Crippen molar-refractivity contribution in [3.05, 3.63) is 65.8 Å². The highest BCUT2D eigenvalue weighted by Crippen LogP contribution is 2.32. The molecule has 2 aromatic heterocycles. The number of hydrogen-bond donors (Lipinski definition) is 0. The maximum absolute atomic E-state index is 6.25. The summed E-state index contributed by atoms with van der Waals surface area (Å²) in [6.45, 7) is 0. The molecule has 0 amide bonds. The number of benzene rings is 2. The molecule has 0 radical (unpaired) electrons. The van der Waals surface area contributed by atoms with Gasteiger partial charge < -0.3 is 0 Å². The number of halogens is 1. The molecule has 2 heterocycles. The summed E-state index contributed by atoms with van der Waals surface area (Å²) in [4.78, 5) is 5.31. The van der Waals surface area contributed by atoms with Crippen LogP contribution in [0.1, 0.15) is 0 Å². The number of rotatable bonds is 2. The molecule has 0 bridgehead atoms. The Labute approximate surface area is 130 Å². The summed E-state index contributed by atoms with van der Waals surface area (Å²) in [5.74, 6) is 0. The second-order valence-electron chi connectivity index (χ2n) is 4.59. The second kappa shape index (κ2) is 4.98. The van der Waals surface area contributed by atoms with Crippen molar-refractivity contribution in [2.45, 2.75) is 0 Å². The molecule has 102 valence electrons. The van der Waals surface area contributed by atoms with Crippen LogP contribution in [0.15, 0.2) is 60.8 Å². The summed E-state index contributed by atoms with van der Waals surface area (Å²) in [7, 11) is 0. The SMILES string of the molecule is Clc1ccccc1-c1nn2c(-c3ccccc3)cnc2s1. The average Bonchev–Trinajstić information content (AvgIpc) is 3.08. The molecule has 0 aliphatic carbocycles. The van der Waals surface area contributed by atoms with Gasteiger partial charge in [0.1, 0.15) is 5.01 Å². The number of imidazole rings is 1. The zero-order chi connectivity index (χ0) is 14.2. The van der Waals surface area contributed by atoms with Crippen LogP contribution in [0.4, 0.5) is 0 Å².